The fraction of sp³-hybridized carbons (Fsp3) is 0.367. The minimum Gasteiger partial charge on any atom is -0.489 e. The lowest BCUT2D eigenvalue weighted by Gasteiger charge is -2.31. The highest BCUT2D eigenvalue weighted by molar-refractivity contribution is 5.95. The first-order valence-corrected chi connectivity index (χ1v) is 13.7. The highest BCUT2D eigenvalue weighted by Gasteiger charge is 2.57. The van der Waals surface area contributed by atoms with Crippen LogP contribution in [0, 0.1) is 11.7 Å². The van der Waals surface area contributed by atoms with Crippen LogP contribution in [-0.4, -0.2) is 54.5 Å². The molecule has 0 unspecified atom stereocenters. The van der Waals surface area contributed by atoms with E-state index in [9.17, 15) is 41.0 Å². The number of nitrogens with one attached hydrogen (secondary N) is 1. The molecule has 2 heterocycles. The summed E-state index contributed by atoms with van der Waals surface area (Å²) >= 11 is 0. The number of hydrogen-bond donors (Lipinski definition) is 3. The van der Waals surface area contributed by atoms with E-state index in [4.69, 9.17) is 15.2 Å². The first-order chi connectivity index (χ1) is 21.1. The Hall–Kier alpha value is -4.53. The van der Waals surface area contributed by atoms with E-state index in [0.717, 1.165) is 49.2 Å². The molecule has 4 N–H and O–H groups in total. The largest absolute Gasteiger partial charge is 0.489 e. The van der Waals surface area contributed by atoms with E-state index in [0.29, 0.717) is 0 Å². The Morgan fingerprint density at radius 2 is 1.82 bits per heavy atom. The van der Waals surface area contributed by atoms with E-state index in [1.165, 1.54) is 19.1 Å². The van der Waals surface area contributed by atoms with E-state index in [-0.39, 0.29) is 58.8 Å². The van der Waals surface area contributed by atoms with Crippen LogP contribution in [0.4, 0.5) is 26.3 Å². The van der Waals surface area contributed by atoms with Crippen LogP contribution in [-0.2, 0) is 15.8 Å². The number of carbonyl (C=O) groups is 2. The molecule has 0 spiro atoms. The van der Waals surface area contributed by atoms with Crippen LogP contribution < -0.4 is 25.3 Å². The number of fused-ring (bicyclic) bond motifs is 1. The van der Waals surface area contributed by atoms with E-state index < -0.39 is 53.7 Å². The zero-order valence-corrected chi connectivity index (χ0v) is 23.6. The van der Waals surface area contributed by atoms with Crippen molar-refractivity contribution in [2.45, 2.75) is 43.6 Å². The minimum absolute atomic E-state index is 0.0787. The zero-order chi connectivity index (χ0) is 32.7. The number of amides is 2. The van der Waals surface area contributed by atoms with Gasteiger partial charge in [-0.2, -0.15) is 22.0 Å². The number of primary amides is 1. The molecule has 5 rings (SSSR count). The second kappa shape index (κ2) is 11.8. The lowest BCUT2D eigenvalue weighted by molar-refractivity contribution is -0.265. The van der Waals surface area contributed by atoms with Gasteiger partial charge in [0, 0.05) is 16.7 Å². The van der Waals surface area contributed by atoms with E-state index in [1.807, 2.05) is 5.32 Å². The molecule has 1 aromatic heterocycles. The van der Waals surface area contributed by atoms with Gasteiger partial charge in [-0.25, -0.2) is 9.37 Å². The molecule has 45 heavy (non-hydrogen) atoms. The predicted octanol–water partition coefficient (Wildman–Crippen LogP) is 4.59. The number of carbonyl (C=O) groups excluding carboxylic acids is 2. The molecule has 0 radical (unpaired) electrons. The minimum atomic E-state index is -5.43. The maximum Gasteiger partial charge on any atom is 0.424 e. The zero-order valence-electron chi connectivity index (χ0n) is 23.6. The maximum atomic E-state index is 14.6. The van der Waals surface area contributed by atoms with Gasteiger partial charge in [-0.15, -0.1) is 0 Å². The van der Waals surface area contributed by atoms with Crippen molar-refractivity contribution in [1.29, 1.82) is 0 Å². The molecule has 0 saturated heterocycles. The smallest absolute Gasteiger partial charge is 0.424 e. The molecule has 240 valence electrons. The highest BCUT2D eigenvalue weighted by Crippen LogP contribution is 2.47. The van der Waals surface area contributed by atoms with Crippen molar-refractivity contribution in [3.63, 3.8) is 0 Å². The first kappa shape index (κ1) is 31.9. The molecule has 2 aliphatic rings. The Balaban J connectivity index is 1.51. The number of nitrogens with two attached hydrogens (primary N) is 1. The number of benzene rings is 2. The lowest BCUT2D eigenvalue weighted by Crippen LogP contribution is -2.51. The number of aliphatic hydroxyl groups is 1. The number of halogens is 6. The molecule has 2 aromatic carbocycles. The van der Waals surface area contributed by atoms with Gasteiger partial charge in [-0.1, -0.05) is 0 Å². The quantitative estimate of drug-likeness (QED) is 0.262. The molecule has 2 atom stereocenters. The van der Waals surface area contributed by atoms with Crippen LogP contribution in [0.5, 0.6) is 17.2 Å². The number of alkyl halides is 5. The third kappa shape index (κ3) is 6.34. The summed E-state index contributed by atoms with van der Waals surface area (Å²) in [6.07, 6.45) is -3.70. The first-order valence-electron chi connectivity index (χ1n) is 13.7. The highest BCUT2D eigenvalue weighted by atomic mass is 19.4. The Labute approximate surface area is 252 Å². The summed E-state index contributed by atoms with van der Waals surface area (Å²) in [6.45, 7) is -3.48. The molecular formula is C30H27F6N3O6. The van der Waals surface area contributed by atoms with E-state index in [2.05, 4.69) is 9.72 Å². The Morgan fingerprint density at radius 1 is 1.13 bits per heavy atom. The molecule has 0 bridgehead atoms. The summed E-state index contributed by atoms with van der Waals surface area (Å²) in [4.78, 5) is 29.4. The van der Waals surface area contributed by atoms with Crippen molar-refractivity contribution in [2.75, 3.05) is 19.8 Å². The van der Waals surface area contributed by atoms with Gasteiger partial charge in [-0.05, 0) is 74.2 Å². The summed E-state index contributed by atoms with van der Waals surface area (Å²) in [5.41, 5.74) is -1.35. The number of pyridine rings is 1. The fourth-order valence-electron chi connectivity index (χ4n) is 4.70. The van der Waals surface area contributed by atoms with Gasteiger partial charge in [0.05, 0.1) is 18.8 Å². The van der Waals surface area contributed by atoms with Crippen LogP contribution in [0.2, 0.25) is 0 Å². The molecule has 1 aliphatic carbocycles. The molecule has 2 amide bonds. The van der Waals surface area contributed by atoms with Crippen LogP contribution in [0.1, 0.15) is 41.4 Å². The van der Waals surface area contributed by atoms with Crippen molar-refractivity contribution >= 4 is 11.8 Å². The molecule has 15 heteroatoms. The average molecular weight is 640 g/mol. The maximum absolute atomic E-state index is 14.6. The Kier molecular flexibility index (Phi) is 8.33. The summed E-state index contributed by atoms with van der Waals surface area (Å²) in [5, 5.41) is 13.2. The number of rotatable bonds is 11. The number of aromatic nitrogens is 1. The summed E-state index contributed by atoms with van der Waals surface area (Å²) in [7, 11) is 0. The normalized spacial score (nSPS) is 19.0. The number of hydrogen-bond acceptors (Lipinski definition) is 7. The topological polar surface area (TPSA) is 133 Å². The van der Waals surface area contributed by atoms with Crippen molar-refractivity contribution < 1.29 is 55.2 Å². The van der Waals surface area contributed by atoms with Crippen molar-refractivity contribution in [3.8, 4) is 28.5 Å². The fourth-order valence-corrected chi connectivity index (χ4v) is 4.70. The number of ether oxygens (including phenoxy) is 3. The van der Waals surface area contributed by atoms with Gasteiger partial charge < -0.3 is 30.4 Å². The standard InChI is InChI=1S/C30H27F6N3O6/c1-28(26(37)41)14-44-24-19(28)11-22(39-23(24)16-4-7-18(31)8-5-16)29(42,30(34,35)36)13-38-25(40)17-6-9-20(45-27(32)33)21(10-17)43-12-15-2-3-15/h4-11,15,27,42H,2-3,12-14H2,1H3,(H2,37,41)(H,38,40)/t28-,29-/m0/s1. The lowest BCUT2D eigenvalue weighted by atomic mass is 9.81. The monoisotopic (exact) mass is 639 g/mol. The summed E-state index contributed by atoms with van der Waals surface area (Å²) < 4.78 is 98.9. The molecule has 1 saturated carbocycles. The summed E-state index contributed by atoms with van der Waals surface area (Å²) in [6, 6.07) is 8.45. The molecule has 1 fully saturated rings. The Morgan fingerprint density at radius 3 is 2.42 bits per heavy atom. The molecule has 1 aliphatic heterocycles. The molecular weight excluding hydrogens is 612 g/mol. The van der Waals surface area contributed by atoms with Gasteiger partial charge in [-0.3, -0.25) is 9.59 Å². The average Bonchev–Trinajstić information content (AvgIpc) is 3.75. The van der Waals surface area contributed by atoms with Gasteiger partial charge in [0.1, 0.15) is 29.3 Å². The van der Waals surface area contributed by atoms with Gasteiger partial charge in [0.15, 0.2) is 11.5 Å². The van der Waals surface area contributed by atoms with Crippen LogP contribution in [0.25, 0.3) is 11.3 Å². The van der Waals surface area contributed by atoms with Gasteiger partial charge >= 0.3 is 12.8 Å². The van der Waals surface area contributed by atoms with Crippen LogP contribution >= 0.6 is 0 Å². The third-order valence-electron chi connectivity index (χ3n) is 7.73. The molecule has 3 aromatic rings. The van der Waals surface area contributed by atoms with E-state index in [1.54, 1.807) is 0 Å². The molecule has 9 nitrogen and oxygen atoms in total. The van der Waals surface area contributed by atoms with E-state index >= 15 is 0 Å². The van der Waals surface area contributed by atoms with Crippen LogP contribution in [0.3, 0.4) is 0 Å². The van der Waals surface area contributed by atoms with Crippen molar-refractivity contribution in [2.24, 2.45) is 11.7 Å². The second-order valence-corrected chi connectivity index (χ2v) is 11.1. The van der Waals surface area contributed by atoms with Gasteiger partial charge in [0.2, 0.25) is 11.5 Å². The SMILES string of the molecule is C[C@]1(C(N)=O)COc2c1cc([C@@](O)(CNC(=O)c1ccc(OC(F)F)c(OCC3CC3)c1)C(F)(F)F)nc2-c1ccc(F)cc1. The van der Waals surface area contributed by atoms with Crippen LogP contribution in [0.15, 0.2) is 48.5 Å². The van der Waals surface area contributed by atoms with Gasteiger partial charge in [0.25, 0.3) is 5.91 Å². The third-order valence-corrected chi connectivity index (χ3v) is 7.73. The van der Waals surface area contributed by atoms with Crippen molar-refractivity contribution in [1.82, 2.24) is 10.3 Å². The number of nitrogens with zero attached hydrogens (tertiary/aromatic N) is 1. The summed E-state index contributed by atoms with van der Waals surface area (Å²) in [5.74, 6) is -3.14. The van der Waals surface area contributed by atoms with Crippen molar-refractivity contribution in [3.05, 3.63) is 71.2 Å². The Bertz CT molecular complexity index is 1610. The second-order valence-electron chi connectivity index (χ2n) is 11.1. The predicted molar refractivity (Wildman–Crippen MR) is 145 cm³/mol.